The molecule has 210 valence electrons. The van der Waals surface area contributed by atoms with E-state index in [1.807, 2.05) is 65.6 Å². The van der Waals surface area contributed by atoms with Crippen molar-refractivity contribution in [1.82, 2.24) is 9.80 Å². The molecule has 0 aromatic heterocycles. The van der Waals surface area contributed by atoms with Crippen LogP contribution in [0.25, 0.3) is 0 Å². The van der Waals surface area contributed by atoms with Gasteiger partial charge in [0.15, 0.2) is 5.78 Å². The van der Waals surface area contributed by atoms with E-state index < -0.39 is 0 Å². The predicted octanol–water partition coefficient (Wildman–Crippen LogP) is 7.68. The van der Waals surface area contributed by atoms with E-state index in [4.69, 9.17) is 0 Å². The molecule has 3 aromatic carbocycles. The summed E-state index contributed by atoms with van der Waals surface area (Å²) in [7, 11) is 0. The van der Waals surface area contributed by atoms with Gasteiger partial charge < -0.3 is 10.2 Å². The number of hydrogen-bond acceptors (Lipinski definition) is 4. The summed E-state index contributed by atoms with van der Waals surface area (Å²) < 4.78 is 0. The molecule has 6 rings (SSSR count). The summed E-state index contributed by atoms with van der Waals surface area (Å²) >= 11 is 0. The Morgan fingerprint density at radius 2 is 1.45 bits per heavy atom. The molecule has 1 N–H and O–H groups in total. The first-order valence-electron chi connectivity index (χ1n) is 14.7. The van der Waals surface area contributed by atoms with Gasteiger partial charge >= 0.3 is 0 Å². The first-order chi connectivity index (χ1) is 19.1. The molecule has 2 aliphatic heterocycles. The molecule has 0 unspecified atom stereocenters. The average molecular weight is 538 g/mol. The van der Waals surface area contributed by atoms with Crippen molar-refractivity contribution in [3.63, 3.8) is 0 Å². The second-order valence-electron chi connectivity index (χ2n) is 11.5. The highest BCUT2D eigenvalue weighted by molar-refractivity contribution is 6.11. The number of fused-ring (bicyclic) bond motifs is 1. The molecule has 1 aliphatic carbocycles. The summed E-state index contributed by atoms with van der Waals surface area (Å²) in [5.74, 6) is 1.65. The zero-order valence-corrected chi connectivity index (χ0v) is 23.0. The normalized spacial score (nSPS) is 17.9. The van der Waals surface area contributed by atoms with Crippen LogP contribution in [0.4, 0.5) is 11.4 Å². The van der Waals surface area contributed by atoms with Crippen molar-refractivity contribution in [3.05, 3.63) is 94.5 Å². The SMILES string of the molecule is C.CCN1Cc2ccc(C(=O)c3ccc(C(=O)N4CCC(C5CCCC5)CC4)c(Nc4ccccc4)c3)cc2C1. The zero-order valence-electron chi connectivity index (χ0n) is 23.0. The number of likely N-dealkylation sites (tertiary alicyclic amines) is 1. The van der Waals surface area contributed by atoms with Gasteiger partial charge in [-0.25, -0.2) is 0 Å². The van der Waals surface area contributed by atoms with Crippen LogP contribution in [0.3, 0.4) is 0 Å². The Hall–Kier alpha value is -3.44. The number of anilines is 2. The Balaban J connectivity index is 0.00000323. The van der Waals surface area contributed by atoms with Crippen molar-refractivity contribution >= 4 is 23.1 Å². The second kappa shape index (κ2) is 12.4. The Bertz CT molecular complexity index is 1340. The number of piperidine rings is 1. The zero-order chi connectivity index (χ0) is 26.8. The molecule has 0 atom stereocenters. The van der Waals surface area contributed by atoms with Crippen LogP contribution in [-0.4, -0.2) is 41.1 Å². The second-order valence-corrected chi connectivity index (χ2v) is 11.5. The molecule has 0 radical (unpaired) electrons. The summed E-state index contributed by atoms with van der Waals surface area (Å²) in [5.41, 5.74) is 6.04. The van der Waals surface area contributed by atoms with Gasteiger partial charge in [-0.15, -0.1) is 0 Å². The predicted molar refractivity (Wildman–Crippen MR) is 163 cm³/mol. The highest BCUT2D eigenvalue weighted by Gasteiger charge is 2.31. The number of nitrogens with zero attached hydrogens (tertiary/aromatic N) is 2. The van der Waals surface area contributed by atoms with Crippen molar-refractivity contribution in [2.75, 3.05) is 25.0 Å². The van der Waals surface area contributed by atoms with Crippen LogP contribution in [0, 0.1) is 11.8 Å². The number of amides is 1. The molecule has 1 saturated heterocycles. The molecule has 1 saturated carbocycles. The molecule has 2 heterocycles. The quantitative estimate of drug-likeness (QED) is 0.314. The third-order valence-corrected chi connectivity index (χ3v) is 9.16. The van der Waals surface area contributed by atoms with Crippen molar-refractivity contribution in [1.29, 1.82) is 0 Å². The smallest absolute Gasteiger partial charge is 0.255 e. The minimum atomic E-state index is -0.0137. The minimum absolute atomic E-state index is 0. The molecule has 1 amide bonds. The largest absolute Gasteiger partial charge is 0.355 e. The van der Waals surface area contributed by atoms with Crippen LogP contribution in [-0.2, 0) is 13.1 Å². The standard InChI is InChI=1S/C34H39N3O2.CH4/c1-2-36-22-28-13-12-26(20-29(28)23-36)33(38)27-14-15-31(32(21-27)35-30-10-4-3-5-11-30)34(39)37-18-16-25(17-19-37)24-8-6-7-9-24;/h3-5,10-15,20-21,24-25,35H,2,6-9,16-19,22-23H2,1H3;1H4. The number of nitrogens with one attached hydrogen (secondary N) is 1. The fourth-order valence-corrected chi connectivity index (χ4v) is 6.82. The van der Waals surface area contributed by atoms with E-state index in [2.05, 4.69) is 23.2 Å². The molecule has 3 aliphatic rings. The third kappa shape index (κ3) is 5.85. The lowest BCUT2D eigenvalue weighted by atomic mass is 9.83. The summed E-state index contributed by atoms with van der Waals surface area (Å²) in [6, 6.07) is 21.5. The van der Waals surface area contributed by atoms with Crippen LogP contribution in [0.15, 0.2) is 66.7 Å². The van der Waals surface area contributed by atoms with E-state index >= 15 is 0 Å². The Labute approximate surface area is 239 Å². The highest BCUT2D eigenvalue weighted by atomic mass is 16.2. The summed E-state index contributed by atoms with van der Waals surface area (Å²) in [4.78, 5) is 31.8. The van der Waals surface area contributed by atoms with Crippen LogP contribution in [0.5, 0.6) is 0 Å². The first-order valence-corrected chi connectivity index (χ1v) is 14.7. The fourth-order valence-electron chi connectivity index (χ4n) is 6.82. The van der Waals surface area contributed by atoms with Gasteiger partial charge in [-0.1, -0.05) is 76.4 Å². The topological polar surface area (TPSA) is 52.7 Å². The van der Waals surface area contributed by atoms with Crippen LogP contribution in [0.1, 0.15) is 90.3 Å². The Morgan fingerprint density at radius 1 is 0.800 bits per heavy atom. The summed E-state index contributed by atoms with van der Waals surface area (Å²) in [6.45, 7) is 6.63. The van der Waals surface area contributed by atoms with Gasteiger partial charge in [-0.3, -0.25) is 14.5 Å². The number of benzene rings is 3. The third-order valence-electron chi connectivity index (χ3n) is 9.16. The van der Waals surface area contributed by atoms with Crippen molar-refractivity contribution in [3.8, 4) is 0 Å². The van der Waals surface area contributed by atoms with Gasteiger partial charge in [0.2, 0.25) is 0 Å². The lowest BCUT2D eigenvalue weighted by molar-refractivity contribution is 0.0659. The highest BCUT2D eigenvalue weighted by Crippen LogP contribution is 2.37. The maximum Gasteiger partial charge on any atom is 0.255 e. The van der Waals surface area contributed by atoms with E-state index in [1.54, 1.807) is 0 Å². The molecule has 40 heavy (non-hydrogen) atoms. The molecular weight excluding hydrogens is 494 g/mol. The number of ketones is 1. The first kappa shape index (κ1) is 28.1. The molecule has 5 nitrogen and oxygen atoms in total. The molecule has 5 heteroatoms. The molecular formula is C35H43N3O2. The number of hydrogen-bond donors (Lipinski definition) is 1. The van der Waals surface area contributed by atoms with E-state index in [-0.39, 0.29) is 19.1 Å². The number of para-hydroxylation sites is 1. The van der Waals surface area contributed by atoms with E-state index in [0.717, 1.165) is 63.1 Å². The van der Waals surface area contributed by atoms with Gasteiger partial charge in [0.05, 0.1) is 11.3 Å². The van der Waals surface area contributed by atoms with Gasteiger partial charge in [-0.2, -0.15) is 0 Å². The maximum atomic E-state index is 13.8. The molecule has 0 spiro atoms. The minimum Gasteiger partial charge on any atom is -0.355 e. The average Bonchev–Trinajstić information content (AvgIpc) is 3.67. The van der Waals surface area contributed by atoms with Crippen LogP contribution in [0.2, 0.25) is 0 Å². The number of carbonyl (C=O) groups excluding carboxylic acids is 2. The number of rotatable bonds is 7. The summed E-state index contributed by atoms with van der Waals surface area (Å²) in [5, 5.41) is 3.44. The maximum absolute atomic E-state index is 13.8. The van der Waals surface area contributed by atoms with E-state index in [1.165, 1.54) is 36.8 Å². The lowest BCUT2D eigenvalue weighted by Crippen LogP contribution is -2.40. The Kier molecular flexibility index (Phi) is 8.70. The molecule has 2 fully saturated rings. The van der Waals surface area contributed by atoms with Crippen molar-refractivity contribution in [2.24, 2.45) is 11.8 Å². The van der Waals surface area contributed by atoms with Gasteiger partial charge in [0, 0.05) is 43.0 Å². The van der Waals surface area contributed by atoms with Gasteiger partial charge in [-0.05, 0) is 72.7 Å². The number of carbonyl (C=O) groups is 2. The van der Waals surface area contributed by atoms with Crippen LogP contribution >= 0.6 is 0 Å². The Morgan fingerprint density at radius 3 is 2.17 bits per heavy atom. The lowest BCUT2D eigenvalue weighted by Gasteiger charge is -2.35. The van der Waals surface area contributed by atoms with Crippen molar-refractivity contribution < 1.29 is 9.59 Å². The van der Waals surface area contributed by atoms with Crippen LogP contribution < -0.4 is 5.32 Å². The fraction of sp³-hybridized carbons (Fsp3) is 0.429. The van der Waals surface area contributed by atoms with E-state index in [9.17, 15) is 9.59 Å². The molecule has 0 bridgehead atoms. The monoisotopic (exact) mass is 537 g/mol. The van der Waals surface area contributed by atoms with Gasteiger partial charge in [0.1, 0.15) is 0 Å². The molecule has 3 aromatic rings. The van der Waals surface area contributed by atoms with Crippen molar-refractivity contribution in [2.45, 2.75) is 66.0 Å². The van der Waals surface area contributed by atoms with E-state index in [0.29, 0.717) is 22.4 Å². The summed E-state index contributed by atoms with van der Waals surface area (Å²) in [6.07, 6.45) is 7.66. The van der Waals surface area contributed by atoms with Gasteiger partial charge in [0.25, 0.3) is 5.91 Å².